The third kappa shape index (κ3) is 2.63. The molecular formula is C17H16N4O2. The predicted octanol–water partition coefficient (Wildman–Crippen LogP) is 2.19. The SMILES string of the molecule is O=C(c1ccc2ocnc2c1)N1CCN(c2ccccn2)CC1. The Morgan fingerprint density at radius 2 is 1.91 bits per heavy atom. The monoisotopic (exact) mass is 308 g/mol. The number of hydrogen-bond donors (Lipinski definition) is 0. The van der Waals surface area contributed by atoms with Gasteiger partial charge in [-0.25, -0.2) is 9.97 Å². The van der Waals surface area contributed by atoms with Crippen LogP contribution in [0.4, 0.5) is 5.82 Å². The Kier molecular flexibility index (Phi) is 3.42. The number of pyridine rings is 1. The molecule has 0 atom stereocenters. The van der Waals surface area contributed by atoms with Gasteiger partial charge in [0.15, 0.2) is 12.0 Å². The fourth-order valence-corrected chi connectivity index (χ4v) is 2.85. The summed E-state index contributed by atoms with van der Waals surface area (Å²) in [6.07, 6.45) is 3.19. The third-order valence-electron chi connectivity index (χ3n) is 4.12. The maximum absolute atomic E-state index is 12.6. The summed E-state index contributed by atoms with van der Waals surface area (Å²) in [6, 6.07) is 11.2. The minimum absolute atomic E-state index is 0.0376. The Hall–Kier alpha value is -2.89. The van der Waals surface area contributed by atoms with Gasteiger partial charge in [-0.15, -0.1) is 0 Å². The molecule has 3 aromatic rings. The van der Waals surface area contributed by atoms with Crippen LogP contribution in [0.15, 0.2) is 53.4 Å². The average Bonchev–Trinajstić information content (AvgIpc) is 3.10. The van der Waals surface area contributed by atoms with Crippen molar-refractivity contribution < 1.29 is 9.21 Å². The molecule has 1 aromatic carbocycles. The predicted molar refractivity (Wildman–Crippen MR) is 86.4 cm³/mol. The lowest BCUT2D eigenvalue weighted by molar-refractivity contribution is 0.0746. The molecule has 0 spiro atoms. The van der Waals surface area contributed by atoms with E-state index in [1.165, 1.54) is 6.39 Å². The first kappa shape index (κ1) is 13.8. The minimum atomic E-state index is 0.0376. The summed E-state index contributed by atoms with van der Waals surface area (Å²) < 4.78 is 5.21. The van der Waals surface area contributed by atoms with Gasteiger partial charge in [0.1, 0.15) is 11.3 Å². The highest BCUT2D eigenvalue weighted by atomic mass is 16.3. The van der Waals surface area contributed by atoms with Crippen LogP contribution in [0, 0.1) is 0 Å². The largest absolute Gasteiger partial charge is 0.443 e. The number of amides is 1. The van der Waals surface area contributed by atoms with Gasteiger partial charge in [-0.3, -0.25) is 4.79 Å². The topological polar surface area (TPSA) is 62.5 Å². The average molecular weight is 308 g/mol. The van der Waals surface area contributed by atoms with E-state index in [0.717, 1.165) is 18.9 Å². The molecule has 1 aliphatic heterocycles. The lowest BCUT2D eigenvalue weighted by Crippen LogP contribution is -2.49. The first-order chi connectivity index (χ1) is 11.3. The van der Waals surface area contributed by atoms with Crippen LogP contribution in [0.25, 0.3) is 11.1 Å². The van der Waals surface area contributed by atoms with Gasteiger partial charge in [0, 0.05) is 37.9 Å². The van der Waals surface area contributed by atoms with Crippen LogP contribution in [0.1, 0.15) is 10.4 Å². The van der Waals surface area contributed by atoms with E-state index < -0.39 is 0 Å². The summed E-state index contributed by atoms with van der Waals surface area (Å²) >= 11 is 0. The highest BCUT2D eigenvalue weighted by molar-refractivity contribution is 5.97. The molecule has 1 fully saturated rings. The van der Waals surface area contributed by atoms with E-state index in [0.29, 0.717) is 29.8 Å². The molecule has 1 amide bonds. The van der Waals surface area contributed by atoms with Crippen LogP contribution in [0.5, 0.6) is 0 Å². The molecular weight excluding hydrogens is 292 g/mol. The van der Waals surface area contributed by atoms with E-state index in [9.17, 15) is 4.79 Å². The smallest absolute Gasteiger partial charge is 0.254 e. The molecule has 0 radical (unpaired) electrons. The van der Waals surface area contributed by atoms with Crippen molar-refractivity contribution in [3.63, 3.8) is 0 Å². The molecule has 0 aliphatic carbocycles. The summed E-state index contributed by atoms with van der Waals surface area (Å²) in [7, 11) is 0. The third-order valence-corrected chi connectivity index (χ3v) is 4.12. The van der Waals surface area contributed by atoms with Crippen molar-refractivity contribution in [2.75, 3.05) is 31.1 Å². The highest BCUT2D eigenvalue weighted by Gasteiger charge is 2.23. The molecule has 6 nitrogen and oxygen atoms in total. The van der Waals surface area contributed by atoms with Crippen LogP contribution in [0.2, 0.25) is 0 Å². The lowest BCUT2D eigenvalue weighted by Gasteiger charge is -2.35. The van der Waals surface area contributed by atoms with Gasteiger partial charge in [0.25, 0.3) is 5.91 Å². The molecule has 3 heterocycles. The Morgan fingerprint density at radius 1 is 1.04 bits per heavy atom. The molecule has 0 unspecified atom stereocenters. The summed E-state index contributed by atoms with van der Waals surface area (Å²) in [6.45, 7) is 2.95. The number of carbonyl (C=O) groups is 1. The molecule has 6 heteroatoms. The number of carbonyl (C=O) groups excluding carboxylic acids is 1. The van der Waals surface area contributed by atoms with Gasteiger partial charge in [0.2, 0.25) is 0 Å². The second kappa shape index (κ2) is 5.72. The van der Waals surface area contributed by atoms with Gasteiger partial charge in [-0.05, 0) is 30.3 Å². The Bertz CT molecular complexity index is 823. The first-order valence-electron chi connectivity index (χ1n) is 7.60. The molecule has 4 rings (SSSR count). The van der Waals surface area contributed by atoms with Crippen molar-refractivity contribution in [1.29, 1.82) is 0 Å². The number of nitrogens with zero attached hydrogens (tertiary/aromatic N) is 4. The zero-order chi connectivity index (χ0) is 15.6. The molecule has 1 aliphatic rings. The highest BCUT2D eigenvalue weighted by Crippen LogP contribution is 2.18. The number of fused-ring (bicyclic) bond motifs is 1. The Balaban J connectivity index is 1.46. The van der Waals surface area contributed by atoms with E-state index in [4.69, 9.17) is 4.42 Å². The van der Waals surface area contributed by atoms with Gasteiger partial charge in [-0.2, -0.15) is 0 Å². The number of rotatable bonds is 2. The van der Waals surface area contributed by atoms with Crippen molar-refractivity contribution in [3.8, 4) is 0 Å². The molecule has 23 heavy (non-hydrogen) atoms. The van der Waals surface area contributed by atoms with Crippen molar-refractivity contribution >= 4 is 22.8 Å². The Morgan fingerprint density at radius 3 is 2.70 bits per heavy atom. The molecule has 1 saturated heterocycles. The molecule has 0 N–H and O–H groups in total. The standard InChI is InChI=1S/C17H16N4O2/c22-17(13-4-5-15-14(11-13)19-12-23-15)21-9-7-20(8-10-21)16-3-1-2-6-18-16/h1-6,11-12H,7-10H2. The number of aromatic nitrogens is 2. The Labute approximate surface area is 133 Å². The number of oxazole rings is 1. The minimum Gasteiger partial charge on any atom is -0.443 e. The molecule has 2 aromatic heterocycles. The fourth-order valence-electron chi connectivity index (χ4n) is 2.85. The normalized spacial score (nSPS) is 15.1. The van der Waals surface area contributed by atoms with Gasteiger partial charge in [0.05, 0.1) is 0 Å². The summed E-state index contributed by atoms with van der Waals surface area (Å²) in [5.74, 6) is 0.999. The molecule has 0 saturated carbocycles. The second-order valence-corrected chi connectivity index (χ2v) is 5.50. The maximum Gasteiger partial charge on any atom is 0.254 e. The van der Waals surface area contributed by atoms with Crippen molar-refractivity contribution in [3.05, 3.63) is 54.6 Å². The van der Waals surface area contributed by atoms with E-state index in [1.807, 2.05) is 23.1 Å². The molecule has 116 valence electrons. The zero-order valence-electron chi connectivity index (χ0n) is 12.6. The van der Waals surface area contributed by atoms with Crippen molar-refractivity contribution in [2.45, 2.75) is 0 Å². The summed E-state index contributed by atoms with van der Waals surface area (Å²) in [5.41, 5.74) is 2.06. The van der Waals surface area contributed by atoms with E-state index in [-0.39, 0.29) is 5.91 Å². The van der Waals surface area contributed by atoms with Crippen LogP contribution in [-0.4, -0.2) is 47.0 Å². The van der Waals surface area contributed by atoms with E-state index in [2.05, 4.69) is 14.9 Å². The summed E-state index contributed by atoms with van der Waals surface area (Å²) in [5, 5.41) is 0. The van der Waals surface area contributed by atoms with Crippen molar-refractivity contribution in [2.24, 2.45) is 0 Å². The zero-order valence-corrected chi connectivity index (χ0v) is 12.6. The maximum atomic E-state index is 12.6. The van der Waals surface area contributed by atoms with Gasteiger partial charge >= 0.3 is 0 Å². The second-order valence-electron chi connectivity index (χ2n) is 5.50. The lowest BCUT2D eigenvalue weighted by atomic mass is 10.1. The first-order valence-corrected chi connectivity index (χ1v) is 7.60. The van der Waals surface area contributed by atoms with Crippen LogP contribution < -0.4 is 4.90 Å². The van der Waals surface area contributed by atoms with Crippen LogP contribution in [0.3, 0.4) is 0 Å². The number of anilines is 1. The van der Waals surface area contributed by atoms with Crippen LogP contribution in [-0.2, 0) is 0 Å². The fraction of sp³-hybridized carbons (Fsp3) is 0.235. The number of hydrogen-bond acceptors (Lipinski definition) is 5. The number of piperazine rings is 1. The van der Waals surface area contributed by atoms with Crippen molar-refractivity contribution in [1.82, 2.24) is 14.9 Å². The van der Waals surface area contributed by atoms with E-state index >= 15 is 0 Å². The van der Waals surface area contributed by atoms with Crippen LogP contribution >= 0.6 is 0 Å². The quantitative estimate of drug-likeness (QED) is 0.726. The molecule has 0 bridgehead atoms. The van der Waals surface area contributed by atoms with Gasteiger partial charge < -0.3 is 14.2 Å². The summed E-state index contributed by atoms with van der Waals surface area (Å²) in [4.78, 5) is 25.2. The van der Waals surface area contributed by atoms with E-state index in [1.54, 1.807) is 24.4 Å². The van der Waals surface area contributed by atoms with Gasteiger partial charge in [-0.1, -0.05) is 6.07 Å². The number of benzene rings is 1.